The van der Waals surface area contributed by atoms with Crippen molar-refractivity contribution in [1.82, 2.24) is 4.98 Å². The minimum absolute atomic E-state index is 0.110. The van der Waals surface area contributed by atoms with E-state index in [1.807, 2.05) is 29.6 Å². The highest BCUT2D eigenvalue weighted by molar-refractivity contribution is 7.14. The van der Waals surface area contributed by atoms with Crippen LogP contribution in [0, 0.1) is 0 Å². The zero-order valence-corrected chi connectivity index (χ0v) is 17.4. The zero-order valence-electron chi connectivity index (χ0n) is 15.1. The molecule has 5 nitrogen and oxygen atoms in total. The summed E-state index contributed by atoms with van der Waals surface area (Å²) in [5.74, 6) is 1.23. The lowest BCUT2D eigenvalue weighted by Gasteiger charge is -2.08. The fourth-order valence-corrected chi connectivity index (χ4v) is 3.61. The van der Waals surface area contributed by atoms with Crippen molar-refractivity contribution in [3.63, 3.8) is 0 Å². The number of hydrogen-bond donors (Lipinski definition) is 1. The van der Waals surface area contributed by atoms with Gasteiger partial charge in [0.25, 0.3) is 0 Å². The largest absolute Gasteiger partial charge is 0.497 e. The van der Waals surface area contributed by atoms with E-state index in [0.29, 0.717) is 40.4 Å². The van der Waals surface area contributed by atoms with Gasteiger partial charge in [0, 0.05) is 22.4 Å². The average Bonchev–Trinajstić information content (AvgIpc) is 3.15. The van der Waals surface area contributed by atoms with E-state index in [1.165, 1.54) is 11.3 Å². The van der Waals surface area contributed by atoms with Crippen LogP contribution in [0.25, 0.3) is 11.3 Å². The minimum atomic E-state index is -0.110. The maximum absolute atomic E-state index is 12.1. The fourth-order valence-electron chi connectivity index (χ4n) is 2.41. The zero-order chi connectivity index (χ0) is 19.9. The molecule has 1 heterocycles. The second kappa shape index (κ2) is 9.78. The Morgan fingerprint density at radius 2 is 1.96 bits per heavy atom. The molecule has 146 valence electrons. The van der Waals surface area contributed by atoms with E-state index < -0.39 is 0 Å². The van der Waals surface area contributed by atoms with Crippen LogP contribution >= 0.6 is 34.5 Å². The van der Waals surface area contributed by atoms with Crippen LogP contribution in [0.15, 0.2) is 47.8 Å². The summed E-state index contributed by atoms with van der Waals surface area (Å²) in [6.45, 7) is 0.379. The van der Waals surface area contributed by atoms with Gasteiger partial charge < -0.3 is 14.8 Å². The average molecular weight is 437 g/mol. The van der Waals surface area contributed by atoms with E-state index >= 15 is 0 Å². The van der Waals surface area contributed by atoms with Gasteiger partial charge in [0.05, 0.1) is 24.4 Å². The van der Waals surface area contributed by atoms with Crippen LogP contribution in [0.4, 0.5) is 5.13 Å². The van der Waals surface area contributed by atoms with Crippen LogP contribution < -0.4 is 14.8 Å². The number of methoxy groups -OCH3 is 1. The molecule has 1 N–H and O–H groups in total. The van der Waals surface area contributed by atoms with Gasteiger partial charge in [-0.3, -0.25) is 4.79 Å². The molecule has 0 saturated heterocycles. The molecular weight excluding hydrogens is 419 g/mol. The molecule has 0 aliphatic heterocycles. The monoisotopic (exact) mass is 436 g/mol. The molecule has 3 aromatic rings. The Bertz CT molecular complexity index is 945. The Morgan fingerprint density at radius 1 is 1.18 bits per heavy atom. The summed E-state index contributed by atoms with van der Waals surface area (Å²) < 4.78 is 10.7. The third-order valence-corrected chi connectivity index (χ3v) is 5.12. The first-order valence-corrected chi connectivity index (χ1v) is 10.2. The molecule has 0 atom stereocenters. The van der Waals surface area contributed by atoms with Crippen LogP contribution in [-0.4, -0.2) is 24.6 Å². The first-order valence-electron chi connectivity index (χ1n) is 8.53. The fraction of sp³-hybridized carbons (Fsp3) is 0.200. The predicted molar refractivity (Wildman–Crippen MR) is 114 cm³/mol. The second-order valence-electron chi connectivity index (χ2n) is 5.84. The topological polar surface area (TPSA) is 60.5 Å². The number of nitrogens with zero attached hydrogens (tertiary/aromatic N) is 1. The van der Waals surface area contributed by atoms with Gasteiger partial charge in [-0.2, -0.15) is 0 Å². The van der Waals surface area contributed by atoms with Crippen molar-refractivity contribution in [2.45, 2.75) is 12.8 Å². The molecule has 0 aliphatic rings. The molecule has 8 heteroatoms. The van der Waals surface area contributed by atoms with E-state index in [2.05, 4.69) is 10.3 Å². The van der Waals surface area contributed by atoms with Gasteiger partial charge in [0.2, 0.25) is 5.91 Å². The van der Waals surface area contributed by atoms with Gasteiger partial charge in [0.1, 0.15) is 11.5 Å². The van der Waals surface area contributed by atoms with Gasteiger partial charge in [-0.25, -0.2) is 4.98 Å². The quantitative estimate of drug-likeness (QED) is 0.444. The number of amides is 1. The summed E-state index contributed by atoms with van der Waals surface area (Å²) in [6, 6.07) is 12.6. The van der Waals surface area contributed by atoms with Crippen molar-refractivity contribution in [2.24, 2.45) is 0 Å². The Hall–Kier alpha value is -2.28. The molecule has 28 heavy (non-hydrogen) atoms. The molecule has 0 bridgehead atoms. The van der Waals surface area contributed by atoms with Gasteiger partial charge in [-0.15, -0.1) is 11.3 Å². The SMILES string of the molecule is COc1ccc(-c2csc(NC(=O)CCCOc3ccc(Cl)cc3Cl)n2)cc1. The number of benzene rings is 2. The van der Waals surface area contributed by atoms with Crippen LogP contribution in [0.1, 0.15) is 12.8 Å². The highest BCUT2D eigenvalue weighted by Crippen LogP contribution is 2.28. The molecule has 0 spiro atoms. The number of ether oxygens (including phenoxy) is 2. The van der Waals surface area contributed by atoms with Gasteiger partial charge in [-0.1, -0.05) is 23.2 Å². The first kappa shape index (κ1) is 20.5. The lowest BCUT2D eigenvalue weighted by Crippen LogP contribution is -2.12. The van der Waals surface area contributed by atoms with Crippen LogP contribution in [0.2, 0.25) is 10.0 Å². The summed E-state index contributed by atoms with van der Waals surface area (Å²) in [6.07, 6.45) is 0.879. The van der Waals surface area contributed by atoms with Crippen LogP contribution in [-0.2, 0) is 4.79 Å². The summed E-state index contributed by atoms with van der Waals surface area (Å²) in [5, 5.41) is 6.29. The van der Waals surface area contributed by atoms with Gasteiger partial charge >= 0.3 is 0 Å². The number of aromatic nitrogens is 1. The molecule has 3 rings (SSSR count). The van der Waals surface area contributed by atoms with Crippen molar-refractivity contribution in [3.05, 3.63) is 57.9 Å². The minimum Gasteiger partial charge on any atom is -0.497 e. The maximum Gasteiger partial charge on any atom is 0.226 e. The van der Waals surface area contributed by atoms with Crippen molar-refractivity contribution in [1.29, 1.82) is 0 Å². The first-order chi connectivity index (χ1) is 13.5. The second-order valence-corrected chi connectivity index (χ2v) is 7.54. The molecule has 0 saturated carbocycles. The molecule has 0 fully saturated rings. The summed E-state index contributed by atoms with van der Waals surface area (Å²) >= 11 is 13.3. The summed E-state index contributed by atoms with van der Waals surface area (Å²) in [5.41, 5.74) is 1.77. The Kier molecular flexibility index (Phi) is 7.14. The summed E-state index contributed by atoms with van der Waals surface area (Å²) in [7, 11) is 1.63. The standard InChI is InChI=1S/C20H18Cl2N2O3S/c1-26-15-7-4-13(5-8-15)17-12-28-20(23-17)24-19(25)3-2-10-27-18-9-6-14(21)11-16(18)22/h4-9,11-12H,2-3,10H2,1H3,(H,23,24,25). The molecule has 2 aromatic carbocycles. The highest BCUT2D eigenvalue weighted by Gasteiger charge is 2.09. The van der Waals surface area contributed by atoms with Crippen molar-refractivity contribution in [2.75, 3.05) is 19.0 Å². The number of nitrogens with one attached hydrogen (secondary N) is 1. The maximum atomic E-state index is 12.1. The molecule has 1 aromatic heterocycles. The molecular formula is C20H18Cl2N2O3S. The number of halogens is 2. The highest BCUT2D eigenvalue weighted by atomic mass is 35.5. The number of hydrogen-bond acceptors (Lipinski definition) is 5. The third kappa shape index (κ3) is 5.61. The van der Waals surface area contributed by atoms with E-state index in [9.17, 15) is 4.79 Å². The number of carbonyl (C=O) groups excluding carboxylic acids is 1. The Balaban J connectivity index is 1.45. The smallest absolute Gasteiger partial charge is 0.226 e. The van der Waals surface area contributed by atoms with Crippen LogP contribution in [0.5, 0.6) is 11.5 Å². The van der Waals surface area contributed by atoms with Crippen LogP contribution in [0.3, 0.4) is 0 Å². The normalized spacial score (nSPS) is 10.5. The lowest BCUT2D eigenvalue weighted by atomic mass is 10.2. The van der Waals surface area contributed by atoms with Gasteiger partial charge in [-0.05, 0) is 48.9 Å². The summed E-state index contributed by atoms with van der Waals surface area (Å²) in [4.78, 5) is 16.6. The number of rotatable bonds is 8. The Morgan fingerprint density at radius 3 is 2.68 bits per heavy atom. The van der Waals surface area contributed by atoms with E-state index in [1.54, 1.807) is 25.3 Å². The van der Waals surface area contributed by atoms with E-state index in [-0.39, 0.29) is 5.91 Å². The number of carbonyl (C=O) groups is 1. The molecule has 0 radical (unpaired) electrons. The predicted octanol–water partition coefficient (Wildman–Crippen LogP) is 5.92. The molecule has 1 amide bonds. The van der Waals surface area contributed by atoms with Crippen molar-refractivity contribution in [3.8, 4) is 22.8 Å². The van der Waals surface area contributed by atoms with Gasteiger partial charge in [0.15, 0.2) is 5.13 Å². The lowest BCUT2D eigenvalue weighted by molar-refractivity contribution is -0.116. The molecule has 0 unspecified atom stereocenters. The van der Waals surface area contributed by atoms with Crippen molar-refractivity contribution >= 4 is 45.6 Å². The van der Waals surface area contributed by atoms with E-state index in [4.69, 9.17) is 32.7 Å². The van der Waals surface area contributed by atoms with Crippen molar-refractivity contribution < 1.29 is 14.3 Å². The third-order valence-electron chi connectivity index (χ3n) is 3.84. The van der Waals surface area contributed by atoms with E-state index in [0.717, 1.165) is 17.0 Å². The number of thiazole rings is 1. The molecule has 0 aliphatic carbocycles. The Labute approximate surface area is 177 Å². The number of anilines is 1.